The van der Waals surface area contributed by atoms with E-state index in [1.165, 1.54) is 25.6 Å². The molecule has 0 radical (unpaired) electrons. The molecule has 1 aromatic carbocycles. The van der Waals surface area contributed by atoms with Crippen LogP contribution in [0.15, 0.2) is 41.8 Å². The molecule has 1 heterocycles. The molecular weight excluding hydrogens is 350 g/mol. The Labute approximate surface area is 148 Å². The molecule has 0 unspecified atom stereocenters. The number of carboxylic acid groups (broad SMARTS) is 1. The fourth-order valence-corrected chi connectivity index (χ4v) is 2.09. The van der Waals surface area contributed by atoms with Crippen LogP contribution < -0.4 is 14.9 Å². The van der Waals surface area contributed by atoms with E-state index in [1.807, 2.05) is 0 Å². The van der Waals surface area contributed by atoms with Crippen molar-refractivity contribution < 1.29 is 24.2 Å². The number of pyridine rings is 1. The molecule has 8 nitrogen and oxygen atoms in total. The van der Waals surface area contributed by atoms with Gasteiger partial charge in [0.15, 0.2) is 18.1 Å². The van der Waals surface area contributed by atoms with Gasteiger partial charge in [0.05, 0.1) is 23.9 Å². The molecule has 0 bridgehead atoms. The van der Waals surface area contributed by atoms with Crippen LogP contribution >= 0.6 is 11.6 Å². The van der Waals surface area contributed by atoms with E-state index >= 15 is 0 Å². The van der Waals surface area contributed by atoms with Crippen LogP contribution in [0.2, 0.25) is 5.02 Å². The third kappa shape index (κ3) is 5.18. The number of carboxylic acids is 1. The summed E-state index contributed by atoms with van der Waals surface area (Å²) in [6.45, 7) is -0.551. The van der Waals surface area contributed by atoms with E-state index in [0.29, 0.717) is 11.1 Å². The minimum Gasteiger partial charge on any atom is -0.493 e. The van der Waals surface area contributed by atoms with Crippen LogP contribution in [-0.4, -0.2) is 41.9 Å². The van der Waals surface area contributed by atoms with E-state index in [2.05, 4.69) is 15.5 Å². The molecule has 0 aliphatic carbocycles. The van der Waals surface area contributed by atoms with Gasteiger partial charge < -0.3 is 14.6 Å². The van der Waals surface area contributed by atoms with Crippen LogP contribution in [0.5, 0.6) is 11.5 Å². The second-order valence-corrected chi connectivity index (χ2v) is 5.06. The standard InChI is InChI=1S/C16H14ClN3O5/c1-24-13-6-10(5-12(17)15(13)25-9-14(21)22)7-19-20-16(23)11-3-2-4-18-8-11/h2-8H,9H2,1H3,(H,20,23)(H,21,22). The van der Waals surface area contributed by atoms with E-state index in [9.17, 15) is 9.59 Å². The Morgan fingerprint density at radius 2 is 2.24 bits per heavy atom. The molecule has 0 saturated heterocycles. The predicted octanol–water partition coefficient (Wildman–Crippen LogP) is 1.97. The minimum atomic E-state index is -1.14. The molecule has 1 amide bonds. The van der Waals surface area contributed by atoms with E-state index in [-0.39, 0.29) is 16.5 Å². The van der Waals surface area contributed by atoms with Crippen LogP contribution in [-0.2, 0) is 4.79 Å². The topological polar surface area (TPSA) is 110 Å². The summed E-state index contributed by atoms with van der Waals surface area (Å²) in [5.74, 6) is -1.19. The number of hydrogen-bond acceptors (Lipinski definition) is 6. The number of aliphatic carboxylic acids is 1. The Balaban J connectivity index is 2.10. The maximum Gasteiger partial charge on any atom is 0.341 e. The Morgan fingerprint density at radius 3 is 2.88 bits per heavy atom. The second-order valence-electron chi connectivity index (χ2n) is 4.66. The first-order valence-electron chi connectivity index (χ1n) is 6.97. The van der Waals surface area contributed by atoms with Crippen LogP contribution in [0.3, 0.4) is 0 Å². The lowest BCUT2D eigenvalue weighted by Crippen LogP contribution is -2.17. The molecule has 0 aliphatic rings. The van der Waals surface area contributed by atoms with Gasteiger partial charge in [-0.05, 0) is 29.8 Å². The SMILES string of the molecule is COc1cc(C=NNC(=O)c2cccnc2)cc(Cl)c1OCC(=O)O. The molecule has 0 fully saturated rings. The van der Waals surface area contributed by atoms with Crippen molar-refractivity contribution in [3.8, 4) is 11.5 Å². The highest BCUT2D eigenvalue weighted by Crippen LogP contribution is 2.36. The number of halogens is 1. The molecule has 0 saturated carbocycles. The van der Waals surface area contributed by atoms with E-state index in [1.54, 1.807) is 24.4 Å². The van der Waals surface area contributed by atoms with E-state index in [0.717, 1.165) is 0 Å². The quantitative estimate of drug-likeness (QED) is 0.575. The maximum atomic E-state index is 11.8. The average molecular weight is 364 g/mol. The smallest absolute Gasteiger partial charge is 0.341 e. The third-order valence-corrected chi connectivity index (χ3v) is 3.18. The number of ether oxygens (including phenoxy) is 2. The summed E-state index contributed by atoms with van der Waals surface area (Å²) in [6.07, 6.45) is 4.34. The Morgan fingerprint density at radius 1 is 1.44 bits per heavy atom. The van der Waals surface area contributed by atoms with Crippen molar-refractivity contribution in [2.75, 3.05) is 13.7 Å². The fourth-order valence-electron chi connectivity index (χ4n) is 1.82. The van der Waals surface area contributed by atoms with E-state index in [4.69, 9.17) is 26.2 Å². The lowest BCUT2D eigenvalue weighted by Gasteiger charge is -2.11. The molecule has 25 heavy (non-hydrogen) atoms. The van der Waals surface area contributed by atoms with E-state index < -0.39 is 18.5 Å². The first-order chi connectivity index (χ1) is 12.0. The molecule has 9 heteroatoms. The zero-order chi connectivity index (χ0) is 18.2. The number of benzene rings is 1. The molecule has 0 atom stereocenters. The molecule has 0 spiro atoms. The lowest BCUT2D eigenvalue weighted by molar-refractivity contribution is -0.139. The van der Waals surface area contributed by atoms with Gasteiger partial charge in [0, 0.05) is 12.4 Å². The van der Waals surface area contributed by atoms with Gasteiger partial charge >= 0.3 is 5.97 Å². The summed E-state index contributed by atoms with van der Waals surface area (Å²) in [6, 6.07) is 6.29. The van der Waals surface area contributed by atoms with Crippen molar-refractivity contribution in [3.63, 3.8) is 0 Å². The second kappa shape index (κ2) is 8.65. The average Bonchev–Trinajstić information content (AvgIpc) is 2.60. The number of carbonyl (C=O) groups excluding carboxylic acids is 1. The molecule has 2 rings (SSSR count). The number of hydrazone groups is 1. The van der Waals surface area contributed by atoms with Crippen LogP contribution in [0.1, 0.15) is 15.9 Å². The largest absolute Gasteiger partial charge is 0.493 e. The van der Waals surface area contributed by atoms with Crippen molar-refractivity contribution in [1.82, 2.24) is 10.4 Å². The van der Waals surface area contributed by atoms with Crippen molar-refractivity contribution in [1.29, 1.82) is 0 Å². The predicted molar refractivity (Wildman–Crippen MR) is 90.4 cm³/mol. The van der Waals surface area contributed by atoms with Gasteiger partial charge in [-0.1, -0.05) is 11.6 Å². The number of amides is 1. The fraction of sp³-hybridized carbons (Fsp3) is 0.125. The first-order valence-corrected chi connectivity index (χ1v) is 7.34. The molecule has 2 N–H and O–H groups in total. The Bertz CT molecular complexity index is 796. The van der Waals surface area contributed by atoms with Gasteiger partial charge in [0.2, 0.25) is 0 Å². The maximum absolute atomic E-state index is 11.8. The van der Waals surface area contributed by atoms with Crippen LogP contribution in [0.25, 0.3) is 0 Å². The van der Waals surface area contributed by atoms with Gasteiger partial charge in [-0.2, -0.15) is 5.10 Å². The van der Waals surface area contributed by atoms with Gasteiger partial charge in [-0.25, -0.2) is 10.2 Å². The van der Waals surface area contributed by atoms with Gasteiger partial charge in [-0.15, -0.1) is 0 Å². The zero-order valence-electron chi connectivity index (χ0n) is 13.1. The van der Waals surface area contributed by atoms with Crippen LogP contribution in [0.4, 0.5) is 0 Å². The number of nitrogens with one attached hydrogen (secondary N) is 1. The van der Waals surface area contributed by atoms with Crippen molar-refractivity contribution in [3.05, 3.63) is 52.8 Å². The highest BCUT2D eigenvalue weighted by Gasteiger charge is 2.13. The number of nitrogens with zero attached hydrogens (tertiary/aromatic N) is 2. The highest BCUT2D eigenvalue weighted by atomic mass is 35.5. The van der Waals surface area contributed by atoms with Crippen LogP contribution in [0, 0.1) is 0 Å². The molecular formula is C16H14ClN3O5. The third-order valence-electron chi connectivity index (χ3n) is 2.90. The summed E-state index contributed by atoms with van der Waals surface area (Å²) in [5.41, 5.74) is 3.25. The van der Waals surface area contributed by atoms with Gasteiger partial charge in [0.1, 0.15) is 0 Å². The summed E-state index contributed by atoms with van der Waals surface area (Å²) in [5, 5.41) is 12.7. The van der Waals surface area contributed by atoms with Gasteiger partial charge in [0.25, 0.3) is 5.91 Å². The molecule has 130 valence electrons. The monoisotopic (exact) mass is 363 g/mol. The minimum absolute atomic E-state index is 0.114. The summed E-state index contributed by atoms with van der Waals surface area (Å²) < 4.78 is 10.2. The molecule has 2 aromatic rings. The Hall–Kier alpha value is -3.13. The number of carbonyl (C=O) groups is 2. The van der Waals surface area contributed by atoms with Crippen molar-refractivity contribution in [2.45, 2.75) is 0 Å². The summed E-state index contributed by atoms with van der Waals surface area (Å²) in [7, 11) is 1.39. The summed E-state index contributed by atoms with van der Waals surface area (Å²) >= 11 is 6.08. The zero-order valence-corrected chi connectivity index (χ0v) is 13.9. The Kier molecular flexibility index (Phi) is 6.30. The first kappa shape index (κ1) is 18.2. The number of rotatable bonds is 7. The normalized spacial score (nSPS) is 10.5. The van der Waals surface area contributed by atoms with Crippen molar-refractivity contribution in [2.24, 2.45) is 5.10 Å². The highest BCUT2D eigenvalue weighted by molar-refractivity contribution is 6.32. The number of methoxy groups -OCH3 is 1. The van der Waals surface area contributed by atoms with Gasteiger partial charge in [-0.3, -0.25) is 9.78 Å². The molecule has 0 aliphatic heterocycles. The lowest BCUT2D eigenvalue weighted by atomic mass is 10.2. The summed E-state index contributed by atoms with van der Waals surface area (Å²) in [4.78, 5) is 26.3. The number of hydrogen-bond donors (Lipinski definition) is 2. The molecule has 1 aromatic heterocycles. The number of aromatic nitrogens is 1. The van der Waals surface area contributed by atoms with Crippen molar-refractivity contribution >= 4 is 29.7 Å².